The molecular formula is C38H22S. The van der Waals surface area contributed by atoms with Gasteiger partial charge in [-0.25, -0.2) is 0 Å². The third-order valence-corrected chi connectivity index (χ3v) is 9.60. The SMILES string of the molecule is c1cc(-c2cccc3c2Sc2cccc4cccc-3c24)cc(-c2ccc3ccc4cccc5ccc2c3c45)c1. The Morgan fingerprint density at radius 2 is 0.923 bits per heavy atom. The average molecular weight is 511 g/mol. The Morgan fingerprint density at radius 3 is 1.77 bits per heavy atom. The molecule has 0 nitrogen and oxygen atoms in total. The second-order valence-corrected chi connectivity index (χ2v) is 11.5. The standard InChI is InChI=1S/C38H22S/c1-6-24-16-17-26-18-20-29(32-21-19-25(7-1)35(24)37(26)32)27-10-2-11-28(22-27)30-12-5-14-33-31-13-3-8-23-9-4-15-34(36(23)31)39-38(30)33/h1-22H. The Kier molecular flexibility index (Phi) is 4.36. The molecule has 0 saturated carbocycles. The van der Waals surface area contributed by atoms with Gasteiger partial charge in [-0.05, 0) is 83.2 Å². The van der Waals surface area contributed by atoms with Crippen molar-refractivity contribution in [2.75, 3.05) is 0 Å². The summed E-state index contributed by atoms with van der Waals surface area (Å²) in [4.78, 5) is 2.68. The highest BCUT2D eigenvalue weighted by Gasteiger charge is 2.22. The molecule has 0 spiro atoms. The fourth-order valence-corrected chi connectivity index (χ4v) is 7.93. The van der Waals surface area contributed by atoms with E-state index in [4.69, 9.17) is 0 Å². The molecule has 180 valence electrons. The van der Waals surface area contributed by atoms with Gasteiger partial charge in [0.1, 0.15) is 0 Å². The summed E-state index contributed by atoms with van der Waals surface area (Å²) in [6.07, 6.45) is 0. The Hall–Kier alpha value is -4.59. The zero-order chi connectivity index (χ0) is 25.5. The molecule has 0 N–H and O–H groups in total. The molecular weight excluding hydrogens is 488 g/mol. The van der Waals surface area contributed by atoms with Gasteiger partial charge in [-0.15, -0.1) is 0 Å². The Bertz CT molecular complexity index is 2230. The van der Waals surface area contributed by atoms with E-state index < -0.39 is 0 Å². The van der Waals surface area contributed by atoms with E-state index in [-0.39, 0.29) is 0 Å². The molecule has 0 amide bonds. The average Bonchev–Trinajstić information content (AvgIpc) is 3.00. The minimum absolute atomic E-state index is 1.26. The third kappa shape index (κ3) is 3.02. The van der Waals surface area contributed by atoms with Crippen molar-refractivity contribution in [3.05, 3.63) is 133 Å². The first-order chi connectivity index (χ1) is 19.3. The fourth-order valence-electron chi connectivity index (χ4n) is 6.65. The van der Waals surface area contributed by atoms with E-state index in [0.29, 0.717) is 0 Å². The van der Waals surface area contributed by atoms with Gasteiger partial charge in [-0.3, -0.25) is 0 Å². The summed E-state index contributed by atoms with van der Waals surface area (Å²) in [5, 5.41) is 10.6. The van der Waals surface area contributed by atoms with Crippen molar-refractivity contribution in [3.63, 3.8) is 0 Å². The molecule has 1 heterocycles. The van der Waals surface area contributed by atoms with Gasteiger partial charge in [0.15, 0.2) is 0 Å². The molecule has 0 aliphatic carbocycles. The molecule has 8 aromatic rings. The summed E-state index contributed by atoms with van der Waals surface area (Å²) < 4.78 is 0. The van der Waals surface area contributed by atoms with Crippen LogP contribution in [-0.4, -0.2) is 0 Å². The predicted molar refractivity (Wildman–Crippen MR) is 168 cm³/mol. The lowest BCUT2D eigenvalue weighted by atomic mass is 9.89. The largest absolute Gasteiger partial charge is 0.0881 e. The van der Waals surface area contributed by atoms with Crippen molar-refractivity contribution >= 4 is 54.9 Å². The zero-order valence-electron chi connectivity index (χ0n) is 21.1. The van der Waals surface area contributed by atoms with Crippen LogP contribution in [0.3, 0.4) is 0 Å². The highest BCUT2D eigenvalue weighted by molar-refractivity contribution is 8.00. The van der Waals surface area contributed by atoms with E-state index in [2.05, 4.69) is 133 Å². The second-order valence-electron chi connectivity index (χ2n) is 10.5. The Balaban J connectivity index is 1.25. The van der Waals surface area contributed by atoms with Crippen LogP contribution >= 0.6 is 11.8 Å². The van der Waals surface area contributed by atoms with Gasteiger partial charge in [0.2, 0.25) is 0 Å². The van der Waals surface area contributed by atoms with Crippen molar-refractivity contribution in [1.29, 1.82) is 0 Å². The minimum atomic E-state index is 1.26. The second kappa shape index (κ2) is 7.96. The monoisotopic (exact) mass is 510 g/mol. The fraction of sp³-hybridized carbons (Fsp3) is 0. The first-order valence-electron chi connectivity index (χ1n) is 13.4. The highest BCUT2D eigenvalue weighted by atomic mass is 32.2. The van der Waals surface area contributed by atoms with Crippen LogP contribution in [-0.2, 0) is 0 Å². The molecule has 0 bridgehead atoms. The van der Waals surface area contributed by atoms with Crippen LogP contribution in [0.15, 0.2) is 143 Å². The molecule has 0 unspecified atom stereocenters. The van der Waals surface area contributed by atoms with Gasteiger partial charge in [0, 0.05) is 15.2 Å². The maximum atomic E-state index is 2.38. The molecule has 1 aliphatic heterocycles. The number of hydrogen-bond acceptors (Lipinski definition) is 1. The van der Waals surface area contributed by atoms with Gasteiger partial charge >= 0.3 is 0 Å². The molecule has 1 aliphatic rings. The van der Waals surface area contributed by atoms with Crippen molar-refractivity contribution < 1.29 is 0 Å². The molecule has 1 heteroatoms. The molecule has 0 saturated heterocycles. The van der Waals surface area contributed by atoms with Crippen LogP contribution in [0.2, 0.25) is 0 Å². The molecule has 0 radical (unpaired) electrons. The van der Waals surface area contributed by atoms with Crippen LogP contribution in [0.4, 0.5) is 0 Å². The van der Waals surface area contributed by atoms with Gasteiger partial charge in [0.05, 0.1) is 0 Å². The zero-order valence-corrected chi connectivity index (χ0v) is 21.9. The van der Waals surface area contributed by atoms with E-state index in [0.717, 1.165) is 0 Å². The summed E-state index contributed by atoms with van der Waals surface area (Å²) >= 11 is 1.91. The van der Waals surface area contributed by atoms with E-state index >= 15 is 0 Å². The number of fused-ring (bicyclic) bond motifs is 2. The lowest BCUT2D eigenvalue weighted by Crippen LogP contribution is -1.95. The van der Waals surface area contributed by atoms with E-state index in [9.17, 15) is 0 Å². The first-order valence-corrected chi connectivity index (χ1v) is 14.3. The van der Waals surface area contributed by atoms with Gasteiger partial charge in [-0.1, -0.05) is 133 Å². The van der Waals surface area contributed by atoms with Crippen LogP contribution in [0.25, 0.3) is 76.5 Å². The minimum Gasteiger partial charge on any atom is -0.0881 e. The lowest BCUT2D eigenvalue weighted by Gasteiger charge is -2.23. The van der Waals surface area contributed by atoms with Crippen molar-refractivity contribution in [2.45, 2.75) is 9.79 Å². The van der Waals surface area contributed by atoms with E-state index in [1.54, 1.807) is 0 Å². The lowest BCUT2D eigenvalue weighted by molar-refractivity contribution is 1.39. The summed E-state index contributed by atoms with van der Waals surface area (Å²) in [7, 11) is 0. The maximum Gasteiger partial charge on any atom is 0.0279 e. The van der Waals surface area contributed by atoms with Crippen LogP contribution in [0.1, 0.15) is 0 Å². The molecule has 9 rings (SSSR count). The van der Waals surface area contributed by atoms with Crippen LogP contribution in [0, 0.1) is 0 Å². The summed E-state index contributed by atoms with van der Waals surface area (Å²) in [5.41, 5.74) is 7.76. The summed E-state index contributed by atoms with van der Waals surface area (Å²) in [5.74, 6) is 0. The van der Waals surface area contributed by atoms with Crippen LogP contribution in [0.5, 0.6) is 0 Å². The maximum absolute atomic E-state index is 2.38. The molecule has 39 heavy (non-hydrogen) atoms. The van der Waals surface area contributed by atoms with Crippen molar-refractivity contribution in [2.24, 2.45) is 0 Å². The quantitative estimate of drug-likeness (QED) is 0.208. The Morgan fingerprint density at radius 1 is 0.359 bits per heavy atom. The third-order valence-electron chi connectivity index (χ3n) is 8.40. The van der Waals surface area contributed by atoms with Gasteiger partial charge in [0.25, 0.3) is 0 Å². The first kappa shape index (κ1) is 21.4. The topological polar surface area (TPSA) is 0 Å². The van der Waals surface area contributed by atoms with Crippen molar-refractivity contribution in [1.82, 2.24) is 0 Å². The van der Waals surface area contributed by atoms with Gasteiger partial charge < -0.3 is 0 Å². The molecule has 0 aromatic heterocycles. The smallest absolute Gasteiger partial charge is 0.0279 e. The van der Waals surface area contributed by atoms with E-state index in [1.807, 2.05) is 11.8 Å². The summed E-state index contributed by atoms with van der Waals surface area (Å²) in [6.45, 7) is 0. The van der Waals surface area contributed by atoms with Gasteiger partial charge in [-0.2, -0.15) is 0 Å². The number of hydrogen-bond donors (Lipinski definition) is 0. The highest BCUT2D eigenvalue weighted by Crippen LogP contribution is 2.51. The molecule has 0 atom stereocenters. The molecule has 0 fully saturated rings. The predicted octanol–water partition coefficient (Wildman–Crippen LogP) is 11.2. The summed E-state index contributed by atoms with van der Waals surface area (Å²) in [6, 6.07) is 49.5. The number of rotatable bonds is 2. The number of benzene rings is 8. The molecule has 8 aromatic carbocycles. The normalized spacial score (nSPS) is 12.5. The van der Waals surface area contributed by atoms with Crippen LogP contribution < -0.4 is 0 Å². The van der Waals surface area contributed by atoms with E-state index in [1.165, 1.54) is 86.3 Å². The Labute approximate surface area is 230 Å². The van der Waals surface area contributed by atoms with Crippen molar-refractivity contribution in [3.8, 4) is 33.4 Å².